The third-order valence-corrected chi connectivity index (χ3v) is 6.82. The van der Waals surface area contributed by atoms with Crippen LogP contribution in [0.4, 0.5) is 5.69 Å². The number of imide groups is 1. The Kier molecular flexibility index (Phi) is 6.19. The summed E-state index contributed by atoms with van der Waals surface area (Å²) in [5, 5.41) is 11.8. The van der Waals surface area contributed by atoms with Crippen molar-refractivity contribution in [2.24, 2.45) is 0 Å². The average Bonchev–Trinajstić information content (AvgIpc) is 3.26. The molecule has 35 heavy (non-hydrogen) atoms. The number of nitrogens with zero attached hydrogens (tertiary/aromatic N) is 4. The van der Waals surface area contributed by atoms with Gasteiger partial charge in [-0.15, -0.1) is 10.2 Å². The van der Waals surface area contributed by atoms with Crippen molar-refractivity contribution in [2.75, 3.05) is 11.9 Å². The summed E-state index contributed by atoms with van der Waals surface area (Å²) in [5.74, 6) is 0.862. The molecule has 0 saturated carbocycles. The van der Waals surface area contributed by atoms with Crippen LogP contribution < -0.4 is 5.32 Å². The number of benzene rings is 2. The van der Waals surface area contributed by atoms with Crippen LogP contribution in [0.25, 0.3) is 11.4 Å². The van der Waals surface area contributed by atoms with Crippen molar-refractivity contribution in [1.82, 2.24) is 19.7 Å². The smallest absolute Gasteiger partial charge is 0.261 e. The Morgan fingerprint density at radius 3 is 2.66 bits per heavy atom. The van der Waals surface area contributed by atoms with E-state index in [2.05, 4.69) is 20.1 Å². The Balaban J connectivity index is 1.39. The number of aromatic nitrogens is 3. The molecule has 3 heterocycles. The van der Waals surface area contributed by atoms with E-state index in [4.69, 9.17) is 0 Å². The van der Waals surface area contributed by atoms with E-state index in [1.165, 1.54) is 17.4 Å². The number of anilines is 1. The minimum absolute atomic E-state index is 0.287. The van der Waals surface area contributed by atoms with Crippen LogP contribution >= 0.6 is 0 Å². The van der Waals surface area contributed by atoms with E-state index in [1.54, 1.807) is 12.1 Å². The van der Waals surface area contributed by atoms with E-state index in [0.29, 0.717) is 23.4 Å². The first kappa shape index (κ1) is 23.0. The highest BCUT2D eigenvalue weighted by Crippen LogP contribution is 2.28. The summed E-state index contributed by atoms with van der Waals surface area (Å²) in [6.45, 7) is 5.23. The van der Waals surface area contributed by atoms with Crippen LogP contribution in [0.5, 0.6) is 0 Å². The molecule has 3 amide bonds. The molecule has 0 bridgehead atoms. The van der Waals surface area contributed by atoms with E-state index in [0.717, 1.165) is 61.4 Å². The molecule has 3 aromatic rings. The number of fused-ring (bicyclic) bond motifs is 2. The van der Waals surface area contributed by atoms with E-state index in [9.17, 15) is 14.4 Å². The lowest BCUT2D eigenvalue weighted by Crippen LogP contribution is -2.30. The molecule has 2 aliphatic heterocycles. The monoisotopic (exact) mass is 471 g/mol. The van der Waals surface area contributed by atoms with Crippen LogP contribution in [0.3, 0.4) is 0 Å². The predicted molar refractivity (Wildman–Crippen MR) is 132 cm³/mol. The van der Waals surface area contributed by atoms with Gasteiger partial charge in [0.15, 0.2) is 5.82 Å². The Morgan fingerprint density at radius 2 is 1.83 bits per heavy atom. The van der Waals surface area contributed by atoms with Gasteiger partial charge in [0.05, 0.1) is 11.1 Å². The lowest BCUT2D eigenvalue weighted by molar-refractivity contribution is 0.0652. The van der Waals surface area contributed by atoms with Crippen molar-refractivity contribution in [1.29, 1.82) is 0 Å². The fourth-order valence-electron chi connectivity index (χ4n) is 4.74. The van der Waals surface area contributed by atoms with Gasteiger partial charge in [0.2, 0.25) is 0 Å². The van der Waals surface area contributed by atoms with E-state index < -0.39 is 0 Å². The normalized spacial score (nSPS) is 15.1. The molecule has 1 aromatic heterocycles. The molecule has 2 aliphatic rings. The van der Waals surface area contributed by atoms with Gasteiger partial charge in [0.25, 0.3) is 17.7 Å². The van der Waals surface area contributed by atoms with Crippen molar-refractivity contribution >= 4 is 23.4 Å². The van der Waals surface area contributed by atoms with Crippen LogP contribution in [0.15, 0.2) is 36.4 Å². The Bertz CT molecular complexity index is 1330. The van der Waals surface area contributed by atoms with Crippen molar-refractivity contribution in [3.05, 3.63) is 64.5 Å². The molecule has 2 aromatic carbocycles. The number of hydrogen-bond acceptors (Lipinski definition) is 5. The zero-order valence-corrected chi connectivity index (χ0v) is 20.1. The standard InChI is InChI=1S/C27H29N5O3/c1-3-4-13-32-26(34)20-12-11-19(15-21(20)27(32)35)25(33)28-22-16-18(10-9-17(22)2)24-30-29-23-8-6-5-7-14-31(23)24/h9-12,15-16H,3-8,13-14H2,1-2H3,(H,28,33). The number of hydrogen-bond donors (Lipinski definition) is 1. The number of carbonyl (C=O) groups is 3. The van der Waals surface area contributed by atoms with Gasteiger partial charge < -0.3 is 9.88 Å². The summed E-state index contributed by atoms with van der Waals surface area (Å²) >= 11 is 0. The third kappa shape index (κ3) is 4.24. The molecule has 5 rings (SSSR count). The average molecular weight is 472 g/mol. The van der Waals surface area contributed by atoms with Crippen molar-refractivity contribution in [3.63, 3.8) is 0 Å². The zero-order valence-electron chi connectivity index (χ0n) is 20.1. The fourth-order valence-corrected chi connectivity index (χ4v) is 4.74. The molecule has 0 atom stereocenters. The molecular formula is C27H29N5O3. The molecule has 0 spiro atoms. The molecule has 8 heteroatoms. The summed E-state index contributed by atoms with van der Waals surface area (Å²) in [6.07, 6.45) is 5.98. The minimum atomic E-state index is -0.334. The second kappa shape index (κ2) is 9.44. The highest BCUT2D eigenvalue weighted by atomic mass is 16.2. The minimum Gasteiger partial charge on any atom is -0.322 e. The zero-order chi connectivity index (χ0) is 24.5. The second-order valence-electron chi connectivity index (χ2n) is 9.26. The summed E-state index contributed by atoms with van der Waals surface area (Å²) < 4.78 is 2.18. The van der Waals surface area contributed by atoms with Gasteiger partial charge in [0.1, 0.15) is 5.82 Å². The maximum atomic E-state index is 13.1. The number of rotatable bonds is 6. The number of aryl methyl sites for hydroxylation is 2. The summed E-state index contributed by atoms with van der Waals surface area (Å²) in [4.78, 5) is 39.8. The SMILES string of the molecule is CCCCN1C(=O)c2ccc(C(=O)Nc3cc(-c4nnc5n4CCCCC5)ccc3C)cc2C1=O. The molecule has 180 valence electrons. The van der Waals surface area contributed by atoms with Gasteiger partial charge >= 0.3 is 0 Å². The lowest BCUT2D eigenvalue weighted by Gasteiger charge is -2.12. The Labute approximate surface area is 204 Å². The fraction of sp³-hybridized carbons (Fsp3) is 0.370. The first-order valence-electron chi connectivity index (χ1n) is 12.3. The van der Waals surface area contributed by atoms with Gasteiger partial charge in [0, 0.05) is 36.3 Å². The summed E-state index contributed by atoms with van der Waals surface area (Å²) in [5.41, 5.74) is 3.46. The van der Waals surface area contributed by atoms with Gasteiger partial charge in [-0.25, -0.2) is 0 Å². The maximum absolute atomic E-state index is 13.1. The van der Waals surface area contributed by atoms with Crippen molar-refractivity contribution in [2.45, 2.75) is 58.9 Å². The highest BCUT2D eigenvalue weighted by molar-refractivity contribution is 6.22. The first-order chi connectivity index (χ1) is 17.0. The molecule has 8 nitrogen and oxygen atoms in total. The summed E-state index contributed by atoms with van der Waals surface area (Å²) in [7, 11) is 0. The van der Waals surface area contributed by atoms with E-state index in [-0.39, 0.29) is 23.3 Å². The van der Waals surface area contributed by atoms with Gasteiger partial charge in [-0.1, -0.05) is 31.9 Å². The summed E-state index contributed by atoms with van der Waals surface area (Å²) in [6, 6.07) is 10.6. The van der Waals surface area contributed by atoms with Crippen LogP contribution in [0, 0.1) is 6.92 Å². The molecule has 0 radical (unpaired) electrons. The maximum Gasteiger partial charge on any atom is 0.261 e. The van der Waals surface area contributed by atoms with Crippen molar-refractivity contribution < 1.29 is 14.4 Å². The highest BCUT2D eigenvalue weighted by Gasteiger charge is 2.35. The molecular weight excluding hydrogens is 442 g/mol. The van der Waals surface area contributed by atoms with Crippen LogP contribution in [-0.2, 0) is 13.0 Å². The van der Waals surface area contributed by atoms with E-state index in [1.807, 2.05) is 32.0 Å². The third-order valence-electron chi connectivity index (χ3n) is 6.82. The quantitative estimate of drug-likeness (QED) is 0.529. The number of unbranched alkanes of at least 4 members (excludes halogenated alkanes) is 1. The lowest BCUT2D eigenvalue weighted by atomic mass is 10.0. The van der Waals surface area contributed by atoms with Crippen LogP contribution in [-0.4, -0.2) is 43.9 Å². The Morgan fingerprint density at radius 1 is 1.00 bits per heavy atom. The van der Waals surface area contributed by atoms with E-state index >= 15 is 0 Å². The largest absolute Gasteiger partial charge is 0.322 e. The molecule has 1 N–H and O–H groups in total. The Hall–Kier alpha value is -3.81. The van der Waals surface area contributed by atoms with Crippen LogP contribution in [0.1, 0.15) is 81.5 Å². The number of carbonyl (C=O) groups excluding carboxylic acids is 3. The molecule has 0 saturated heterocycles. The number of amides is 3. The first-order valence-corrected chi connectivity index (χ1v) is 12.3. The van der Waals surface area contributed by atoms with Crippen molar-refractivity contribution in [3.8, 4) is 11.4 Å². The van der Waals surface area contributed by atoms with Gasteiger partial charge in [-0.3, -0.25) is 19.3 Å². The molecule has 0 fully saturated rings. The molecule has 0 unspecified atom stereocenters. The van der Waals surface area contributed by atoms with Gasteiger partial charge in [-0.2, -0.15) is 0 Å². The second-order valence-corrected chi connectivity index (χ2v) is 9.26. The predicted octanol–water partition coefficient (Wildman–Crippen LogP) is 4.63. The van der Waals surface area contributed by atoms with Crippen LogP contribution in [0.2, 0.25) is 0 Å². The topological polar surface area (TPSA) is 97.2 Å². The number of nitrogens with one attached hydrogen (secondary N) is 1. The van der Waals surface area contributed by atoms with Gasteiger partial charge in [-0.05, 0) is 56.0 Å². The molecule has 0 aliphatic carbocycles.